The molecule has 4 nitrogen and oxygen atoms in total. The molecule has 3 rings (SSSR count). The third kappa shape index (κ3) is 2.56. The molecule has 2 N–H and O–H groups in total. The summed E-state index contributed by atoms with van der Waals surface area (Å²) in [5, 5.41) is 0. The van der Waals surface area contributed by atoms with Crippen LogP contribution in [0.15, 0.2) is 0 Å². The van der Waals surface area contributed by atoms with Crippen LogP contribution in [0.3, 0.4) is 0 Å². The highest BCUT2D eigenvalue weighted by Gasteiger charge is 2.42. The predicted octanol–water partition coefficient (Wildman–Crippen LogP) is 0.580. The minimum atomic E-state index is 0.306. The van der Waals surface area contributed by atoms with Crippen molar-refractivity contribution in [2.24, 2.45) is 5.73 Å². The van der Waals surface area contributed by atoms with Gasteiger partial charge in [0.05, 0.1) is 0 Å². The molecular weight excluding hydrogens is 236 g/mol. The smallest absolute Gasteiger partial charge is 0.0357 e. The number of likely N-dealkylation sites (tertiary alicyclic amines) is 1. The maximum atomic E-state index is 6.22. The fourth-order valence-electron chi connectivity index (χ4n) is 4.36. The first-order valence-electron chi connectivity index (χ1n) is 8.19. The Balaban J connectivity index is 1.65. The summed E-state index contributed by atoms with van der Waals surface area (Å²) < 4.78 is 0. The number of rotatable bonds is 3. The zero-order valence-electron chi connectivity index (χ0n) is 12.5. The second kappa shape index (κ2) is 5.68. The first kappa shape index (κ1) is 13.8. The Hall–Kier alpha value is -0.160. The van der Waals surface area contributed by atoms with Gasteiger partial charge >= 0.3 is 0 Å². The maximum Gasteiger partial charge on any atom is 0.0357 e. The number of hydrogen-bond donors (Lipinski definition) is 1. The Labute approximate surface area is 117 Å². The van der Waals surface area contributed by atoms with Crippen molar-refractivity contribution in [1.29, 1.82) is 0 Å². The summed E-state index contributed by atoms with van der Waals surface area (Å²) in [6.07, 6.45) is 5.34. The molecule has 0 aliphatic carbocycles. The summed E-state index contributed by atoms with van der Waals surface area (Å²) in [6, 6.07) is 0.821. The molecule has 0 aromatic heterocycles. The molecule has 1 unspecified atom stereocenters. The summed E-state index contributed by atoms with van der Waals surface area (Å²) in [6.45, 7) is 11.9. The van der Waals surface area contributed by atoms with Gasteiger partial charge in [0.2, 0.25) is 0 Å². The van der Waals surface area contributed by atoms with Crippen LogP contribution in [0.4, 0.5) is 0 Å². The lowest BCUT2D eigenvalue weighted by molar-refractivity contribution is -0.0172. The molecule has 3 saturated heterocycles. The average Bonchev–Trinajstić information content (AvgIpc) is 2.94. The number of nitrogens with zero attached hydrogens (tertiary/aromatic N) is 3. The third-order valence-corrected chi connectivity index (χ3v) is 5.87. The number of piperazine rings is 1. The molecule has 4 heteroatoms. The lowest BCUT2D eigenvalue weighted by atomic mass is 9.84. The molecule has 0 bridgehead atoms. The van der Waals surface area contributed by atoms with Gasteiger partial charge in [-0.1, -0.05) is 6.92 Å². The van der Waals surface area contributed by atoms with E-state index in [2.05, 4.69) is 21.6 Å². The van der Waals surface area contributed by atoms with E-state index < -0.39 is 0 Å². The van der Waals surface area contributed by atoms with Crippen molar-refractivity contribution in [1.82, 2.24) is 14.7 Å². The van der Waals surface area contributed by atoms with Gasteiger partial charge in [0.25, 0.3) is 0 Å². The van der Waals surface area contributed by atoms with Crippen molar-refractivity contribution in [2.75, 3.05) is 52.4 Å². The standard InChI is InChI=1S/C15H30N4/c1-2-17-8-5-15(13-16,6-9-17)19-11-10-18-7-3-4-14(18)12-19/h14H,2-13,16H2,1H3. The zero-order valence-corrected chi connectivity index (χ0v) is 12.5. The molecule has 3 heterocycles. The quantitative estimate of drug-likeness (QED) is 0.810. The summed E-state index contributed by atoms with van der Waals surface area (Å²) in [7, 11) is 0. The van der Waals surface area contributed by atoms with Gasteiger partial charge in [0.1, 0.15) is 0 Å². The molecule has 1 atom stereocenters. The summed E-state index contributed by atoms with van der Waals surface area (Å²) in [4.78, 5) is 8.02. The Morgan fingerprint density at radius 2 is 1.89 bits per heavy atom. The summed E-state index contributed by atoms with van der Waals surface area (Å²) in [5.41, 5.74) is 6.53. The van der Waals surface area contributed by atoms with Crippen molar-refractivity contribution in [2.45, 2.75) is 44.2 Å². The highest BCUT2D eigenvalue weighted by Crippen LogP contribution is 2.32. The van der Waals surface area contributed by atoms with Crippen LogP contribution in [-0.4, -0.2) is 78.6 Å². The van der Waals surface area contributed by atoms with Crippen LogP contribution in [0.25, 0.3) is 0 Å². The van der Waals surface area contributed by atoms with Gasteiger partial charge in [-0.05, 0) is 51.9 Å². The van der Waals surface area contributed by atoms with Crippen LogP contribution in [0.1, 0.15) is 32.6 Å². The van der Waals surface area contributed by atoms with Crippen LogP contribution in [0, 0.1) is 0 Å². The van der Waals surface area contributed by atoms with Gasteiger partial charge in [0.15, 0.2) is 0 Å². The van der Waals surface area contributed by atoms with Crippen LogP contribution in [0.5, 0.6) is 0 Å². The molecule has 3 aliphatic rings. The fourth-order valence-corrected chi connectivity index (χ4v) is 4.36. The SMILES string of the molecule is CCN1CCC(CN)(N2CCN3CCCC3C2)CC1. The average molecular weight is 266 g/mol. The van der Waals surface area contributed by atoms with Crippen LogP contribution >= 0.6 is 0 Å². The highest BCUT2D eigenvalue weighted by molar-refractivity contribution is 5.00. The molecule has 0 saturated carbocycles. The molecule has 3 fully saturated rings. The van der Waals surface area contributed by atoms with Crippen molar-refractivity contribution in [3.05, 3.63) is 0 Å². The van der Waals surface area contributed by atoms with E-state index >= 15 is 0 Å². The van der Waals surface area contributed by atoms with Gasteiger partial charge in [0, 0.05) is 37.8 Å². The van der Waals surface area contributed by atoms with Crippen molar-refractivity contribution in [3.8, 4) is 0 Å². The monoisotopic (exact) mass is 266 g/mol. The molecule has 19 heavy (non-hydrogen) atoms. The first-order valence-corrected chi connectivity index (χ1v) is 8.19. The van der Waals surface area contributed by atoms with Crippen LogP contribution in [0.2, 0.25) is 0 Å². The minimum Gasteiger partial charge on any atom is -0.329 e. The van der Waals surface area contributed by atoms with E-state index in [1.54, 1.807) is 0 Å². The van der Waals surface area contributed by atoms with E-state index in [4.69, 9.17) is 5.73 Å². The zero-order chi connectivity index (χ0) is 13.3. The molecule has 0 spiro atoms. The molecule has 0 amide bonds. The molecule has 110 valence electrons. The van der Waals surface area contributed by atoms with Crippen molar-refractivity contribution < 1.29 is 0 Å². The molecule has 0 aromatic carbocycles. The van der Waals surface area contributed by atoms with Gasteiger partial charge < -0.3 is 10.6 Å². The lowest BCUT2D eigenvalue weighted by Crippen LogP contribution is -2.64. The Bertz CT molecular complexity index is 299. The highest BCUT2D eigenvalue weighted by atomic mass is 15.3. The topological polar surface area (TPSA) is 35.7 Å². The Morgan fingerprint density at radius 1 is 1.11 bits per heavy atom. The van der Waals surface area contributed by atoms with E-state index in [1.807, 2.05) is 0 Å². The predicted molar refractivity (Wildman–Crippen MR) is 79.3 cm³/mol. The summed E-state index contributed by atoms with van der Waals surface area (Å²) >= 11 is 0. The lowest BCUT2D eigenvalue weighted by Gasteiger charge is -2.52. The number of hydrogen-bond acceptors (Lipinski definition) is 4. The normalized spacial score (nSPS) is 33.5. The second-order valence-corrected chi connectivity index (χ2v) is 6.64. The molecule has 0 aromatic rings. The van der Waals surface area contributed by atoms with E-state index in [-0.39, 0.29) is 0 Å². The second-order valence-electron chi connectivity index (χ2n) is 6.64. The van der Waals surface area contributed by atoms with Crippen LogP contribution < -0.4 is 5.73 Å². The Morgan fingerprint density at radius 3 is 2.58 bits per heavy atom. The maximum absolute atomic E-state index is 6.22. The van der Waals surface area contributed by atoms with E-state index in [9.17, 15) is 0 Å². The van der Waals surface area contributed by atoms with E-state index in [1.165, 1.54) is 71.5 Å². The van der Waals surface area contributed by atoms with Gasteiger partial charge in [-0.2, -0.15) is 0 Å². The molecular formula is C15H30N4. The fraction of sp³-hybridized carbons (Fsp3) is 1.00. The van der Waals surface area contributed by atoms with Gasteiger partial charge in [-0.3, -0.25) is 9.80 Å². The van der Waals surface area contributed by atoms with Crippen molar-refractivity contribution in [3.63, 3.8) is 0 Å². The number of piperidine rings is 1. The van der Waals surface area contributed by atoms with E-state index in [0.29, 0.717) is 5.54 Å². The number of nitrogens with two attached hydrogens (primary N) is 1. The molecule has 0 radical (unpaired) electrons. The largest absolute Gasteiger partial charge is 0.329 e. The summed E-state index contributed by atoms with van der Waals surface area (Å²) in [5.74, 6) is 0. The van der Waals surface area contributed by atoms with Gasteiger partial charge in [-0.25, -0.2) is 0 Å². The van der Waals surface area contributed by atoms with Crippen molar-refractivity contribution >= 4 is 0 Å². The molecule has 3 aliphatic heterocycles. The van der Waals surface area contributed by atoms with E-state index in [0.717, 1.165) is 12.6 Å². The van der Waals surface area contributed by atoms with Crippen LogP contribution in [-0.2, 0) is 0 Å². The minimum absolute atomic E-state index is 0.306. The number of fused-ring (bicyclic) bond motifs is 1. The Kier molecular flexibility index (Phi) is 4.13. The van der Waals surface area contributed by atoms with Gasteiger partial charge in [-0.15, -0.1) is 0 Å². The third-order valence-electron chi connectivity index (χ3n) is 5.87. The first-order chi connectivity index (χ1) is 9.27.